The molecule has 2 aromatic rings. The Morgan fingerprint density at radius 2 is 1.16 bits per heavy atom. The van der Waals surface area contributed by atoms with Gasteiger partial charge in [0.2, 0.25) is 0 Å². The van der Waals surface area contributed by atoms with Crippen molar-refractivity contribution in [3.05, 3.63) is 65.2 Å². The van der Waals surface area contributed by atoms with Crippen LogP contribution < -0.4 is 5.46 Å². The monoisotopic (exact) mass is 246 g/mol. The standard InChI is InChI=1S/C18H19B/c1-18(2,3)16-10-6-14(7-11-16)4-5-15-8-12-17(19)13-9-15/h4-13H,1-3H3/b5-4+. The average molecular weight is 246 g/mol. The third-order valence-corrected chi connectivity index (χ3v) is 3.18. The van der Waals surface area contributed by atoms with Crippen molar-refractivity contribution in [1.29, 1.82) is 0 Å². The molecular formula is C18H19B. The molecule has 0 bridgehead atoms. The molecule has 0 heterocycles. The minimum Gasteiger partial charge on any atom is -0.0966 e. The fourth-order valence-corrected chi connectivity index (χ4v) is 1.89. The quantitative estimate of drug-likeness (QED) is 0.556. The maximum Gasteiger partial charge on any atom is 0.113 e. The summed E-state index contributed by atoms with van der Waals surface area (Å²) in [7, 11) is 5.67. The van der Waals surface area contributed by atoms with E-state index in [2.05, 4.69) is 57.2 Å². The minimum atomic E-state index is 0.208. The van der Waals surface area contributed by atoms with Gasteiger partial charge >= 0.3 is 0 Å². The molecule has 1 heteroatoms. The van der Waals surface area contributed by atoms with Crippen LogP contribution >= 0.6 is 0 Å². The first-order valence-electron chi connectivity index (χ1n) is 6.59. The highest BCUT2D eigenvalue weighted by atomic mass is 14.2. The average Bonchev–Trinajstić information content (AvgIpc) is 2.37. The first-order valence-corrected chi connectivity index (χ1v) is 6.59. The number of hydrogen-bond donors (Lipinski definition) is 0. The van der Waals surface area contributed by atoms with E-state index in [1.165, 1.54) is 11.1 Å². The zero-order valence-electron chi connectivity index (χ0n) is 11.9. The third-order valence-electron chi connectivity index (χ3n) is 3.18. The molecule has 19 heavy (non-hydrogen) atoms. The van der Waals surface area contributed by atoms with Crippen LogP contribution in [0.15, 0.2) is 48.5 Å². The van der Waals surface area contributed by atoms with Crippen LogP contribution in [0.3, 0.4) is 0 Å². The van der Waals surface area contributed by atoms with Gasteiger partial charge in [0, 0.05) is 0 Å². The molecule has 0 saturated carbocycles. The normalized spacial score (nSPS) is 11.9. The highest BCUT2D eigenvalue weighted by molar-refractivity contribution is 6.32. The molecule has 2 radical (unpaired) electrons. The van der Waals surface area contributed by atoms with E-state index in [-0.39, 0.29) is 5.41 Å². The van der Waals surface area contributed by atoms with Gasteiger partial charge in [-0.1, -0.05) is 86.9 Å². The summed E-state index contributed by atoms with van der Waals surface area (Å²) >= 11 is 0. The molecule has 0 nitrogen and oxygen atoms in total. The molecule has 0 amide bonds. The Morgan fingerprint density at radius 1 is 0.737 bits per heavy atom. The van der Waals surface area contributed by atoms with Crippen LogP contribution in [0.4, 0.5) is 0 Å². The van der Waals surface area contributed by atoms with Gasteiger partial charge in [0.1, 0.15) is 7.85 Å². The van der Waals surface area contributed by atoms with Gasteiger partial charge in [0.15, 0.2) is 0 Å². The summed E-state index contributed by atoms with van der Waals surface area (Å²) in [5, 5.41) is 0. The smallest absolute Gasteiger partial charge is 0.0966 e. The fourth-order valence-electron chi connectivity index (χ4n) is 1.89. The van der Waals surface area contributed by atoms with Crippen molar-refractivity contribution in [3.63, 3.8) is 0 Å². The highest BCUT2D eigenvalue weighted by Crippen LogP contribution is 2.22. The van der Waals surface area contributed by atoms with Crippen molar-refractivity contribution in [2.45, 2.75) is 26.2 Å². The molecule has 2 rings (SSSR count). The lowest BCUT2D eigenvalue weighted by Crippen LogP contribution is -2.10. The molecule has 0 aliphatic carbocycles. The van der Waals surface area contributed by atoms with Crippen molar-refractivity contribution in [2.24, 2.45) is 0 Å². The fraction of sp³-hybridized carbons (Fsp3) is 0.222. The van der Waals surface area contributed by atoms with Gasteiger partial charge in [0.25, 0.3) is 0 Å². The summed E-state index contributed by atoms with van der Waals surface area (Å²) in [6.45, 7) is 6.69. The lowest BCUT2D eigenvalue weighted by Gasteiger charge is -2.18. The van der Waals surface area contributed by atoms with E-state index < -0.39 is 0 Å². The SMILES string of the molecule is [B]c1ccc(/C=C/c2ccc(C(C)(C)C)cc2)cc1. The molecule has 0 aromatic heterocycles. The Labute approximate surface area is 117 Å². The summed E-state index contributed by atoms with van der Waals surface area (Å²) in [5.74, 6) is 0. The van der Waals surface area contributed by atoms with Gasteiger partial charge in [-0.15, -0.1) is 0 Å². The number of benzene rings is 2. The predicted molar refractivity (Wildman–Crippen MR) is 85.9 cm³/mol. The van der Waals surface area contributed by atoms with Gasteiger partial charge in [0.05, 0.1) is 0 Å². The molecule has 0 unspecified atom stereocenters. The van der Waals surface area contributed by atoms with Crippen molar-refractivity contribution >= 4 is 25.5 Å². The van der Waals surface area contributed by atoms with E-state index in [4.69, 9.17) is 7.85 Å². The van der Waals surface area contributed by atoms with Crippen LogP contribution in [0.5, 0.6) is 0 Å². The summed E-state index contributed by atoms with van der Waals surface area (Å²) in [6.07, 6.45) is 4.23. The van der Waals surface area contributed by atoms with E-state index in [1.54, 1.807) is 0 Å². The van der Waals surface area contributed by atoms with Gasteiger partial charge in [-0.3, -0.25) is 0 Å². The maximum absolute atomic E-state index is 5.67. The number of hydrogen-bond acceptors (Lipinski definition) is 0. The van der Waals surface area contributed by atoms with E-state index in [0.29, 0.717) is 0 Å². The second kappa shape index (κ2) is 5.48. The van der Waals surface area contributed by atoms with Gasteiger partial charge in [-0.05, 0) is 22.1 Å². The topological polar surface area (TPSA) is 0 Å². The van der Waals surface area contributed by atoms with Crippen molar-refractivity contribution in [1.82, 2.24) is 0 Å². The largest absolute Gasteiger partial charge is 0.113 e. The Hall–Kier alpha value is -1.76. The van der Waals surface area contributed by atoms with E-state index in [9.17, 15) is 0 Å². The molecule has 0 aliphatic rings. The van der Waals surface area contributed by atoms with Gasteiger partial charge in [-0.25, -0.2) is 0 Å². The van der Waals surface area contributed by atoms with Crippen LogP contribution in [0.25, 0.3) is 12.2 Å². The summed E-state index contributed by atoms with van der Waals surface area (Å²) in [6, 6.07) is 16.6. The first-order chi connectivity index (χ1) is 8.95. The zero-order valence-corrected chi connectivity index (χ0v) is 11.9. The lowest BCUT2D eigenvalue weighted by atomic mass is 9.87. The van der Waals surface area contributed by atoms with Crippen LogP contribution in [-0.4, -0.2) is 7.85 Å². The molecule has 94 valence electrons. The zero-order chi connectivity index (χ0) is 13.9. The molecule has 0 spiro atoms. The highest BCUT2D eigenvalue weighted by Gasteiger charge is 2.12. The molecular weight excluding hydrogens is 227 g/mol. The Balaban J connectivity index is 2.13. The molecule has 0 N–H and O–H groups in total. The predicted octanol–water partition coefficient (Wildman–Crippen LogP) is 3.95. The van der Waals surface area contributed by atoms with E-state index >= 15 is 0 Å². The van der Waals surface area contributed by atoms with E-state index in [0.717, 1.165) is 11.0 Å². The van der Waals surface area contributed by atoms with Crippen LogP contribution in [-0.2, 0) is 5.41 Å². The molecule has 2 aromatic carbocycles. The first kappa shape index (κ1) is 13.7. The summed E-state index contributed by atoms with van der Waals surface area (Å²) in [4.78, 5) is 0. The Morgan fingerprint density at radius 3 is 1.58 bits per heavy atom. The van der Waals surface area contributed by atoms with Crippen LogP contribution in [0.1, 0.15) is 37.5 Å². The van der Waals surface area contributed by atoms with Gasteiger partial charge < -0.3 is 0 Å². The Kier molecular flexibility index (Phi) is 3.94. The van der Waals surface area contributed by atoms with Crippen molar-refractivity contribution in [2.75, 3.05) is 0 Å². The second-order valence-electron chi connectivity index (χ2n) is 5.87. The van der Waals surface area contributed by atoms with Gasteiger partial charge in [-0.2, -0.15) is 0 Å². The number of rotatable bonds is 2. The van der Waals surface area contributed by atoms with Crippen LogP contribution in [0, 0.1) is 0 Å². The molecule has 0 aliphatic heterocycles. The Bertz CT molecular complexity index is 554. The summed E-state index contributed by atoms with van der Waals surface area (Å²) < 4.78 is 0. The lowest BCUT2D eigenvalue weighted by molar-refractivity contribution is 0.590. The summed E-state index contributed by atoms with van der Waals surface area (Å²) in [5.41, 5.74) is 4.74. The molecule has 0 fully saturated rings. The van der Waals surface area contributed by atoms with Crippen LogP contribution in [0.2, 0.25) is 0 Å². The van der Waals surface area contributed by atoms with Crippen molar-refractivity contribution in [3.8, 4) is 0 Å². The molecule has 0 saturated heterocycles. The van der Waals surface area contributed by atoms with E-state index in [1.807, 2.05) is 24.3 Å². The second-order valence-corrected chi connectivity index (χ2v) is 5.87. The minimum absolute atomic E-state index is 0.208. The molecule has 0 atom stereocenters. The maximum atomic E-state index is 5.67. The van der Waals surface area contributed by atoms with Crippen molar-refractivity contribution < 1.29 is 0 Å². The third kappa shape index (κ3) is 3.85.